The zero-order valence-electron chi connectivity index (χ0n) is 10.8. The first-order valence-corrected chi connectivity index (χ1v) is 6.69. The quantitative estimate of drug-likeness (QED) is 0.695. The van der Waals surface area contributed by atoms with Crippen LogP contribution in [0.15, 0.2) is 30.5 Å². The van der Waals surface area contributed by atoms with Crippen LogP contribution in [0.2, 0.25) is 5.02 Å². The van der Waals surface area contributed by atoms with Crippen molar-refractivity contribution in [1.29, 1.82) is 0 Å². The Hall–Kier alpha value is -2.14. The number of fused-ring (bicyclic) bond motifs is 3. The van der Waals surface area contributed by atoms with Gasteiger partial charge in [-0.2, -0.15) is 0 Å². The lowest BCUT2D eigenvalue weighted by Gasteiger charge is -2.04. The van der Waals surface area contributed by atoms with Crippen LogP contribution in [-0.4, -0.2) is 26.9 Å². The molecule has 0 atom stereocenters. The fourth-order valence-electron chi connectivity index (χ4n) is 1.97. The van der Waals surface area contributed by atoms with Crippen LogP contribution in [0.4, 0.5) is 0 Å². The van der Waals surface area contributed by atoms with Gasteiger partial charge in [0, 0.05) is 6.20 Å². The molecule has 0 amide bonds. The summed E-state index contributed by atoms with van der Waals surface area (Å²) in [7, 11) is 0. The monoisotopic (exact) mass is 289 g/mol. The summed E-state index contributed by atoms with van der Waals surface area (Å²) in [5, 5.41) is 0.252. The average Bonchev–Trinajstić information content (AvgIpc) is 2.81. The number of halogens is 1. The number of hydrogen-bond donors (Lipinski definition) is 0. The molecule has 0 aliphatic heterocycles. The van der Waals surface area contributed by atoms with Crippen LogP contribution in [0.25, 0.3) is 16.8 Å². The van der Waals surface area contributed by atoms with Crippen molar-refractivity contribution in [2.45, 2.75) is 13.3 Å². The van der Waals surface area contributed by atoms with Crippen LogP contribution < -0.4 is 0 Å². The lowest BCUT2D eigenvalue weighted by Crippen LogP contribution is -2.10. The van der Waals surface area contributed by atoms with Gasteiger partial charge in [0.05, 0.1) is 22.7 Å². The molecule has 0 spiro atoms. The molecule has 2 heterocycles. The number of para-hydroxylation sites is 2. The number of rotatable bonds is 3. The summed E-state index contributed by atoms with van der Waals surface area (Å²) < 4.78 is 6.82. The van der Waals surface area contributed by atoms with E-state index in [1.54, 1.807) is 10.6 Å². The van der Waals surface area contributed by atoms with Gasteiger partial charge in [-0.05, 0) is 18.6 Å². The second kappa shape index (κ2) is 5.09. The van der Waals surface area contributed by atoms with E-state index in [2.05, 4.69) is 9.97 Å². The van der Waals surface area contributed by atoms with Crippen molar-refractivity contribution in [1.82, 2.24) is 14.4 Å². The van der Waals surface area contributed by atoms with E-state index in [0.29, 0.717) is 12.4 Å². The third kappa shape index (κ3) is 2.10. The molecule has 3 rings (SSSR count). The van der Waals surface area contributed by atoms with Crippen molar-refractivity contribution in [3.05, 3.63) is 41.2 Å². The Bertz CT molecular complexity index is 798. The second-order valence-electron chi connectivity index (χ2n) is 4.34. The Morgan fingerprint density at radius 3 is 2.95 bits per heavy atom. The van der Waals surface area contributed by atoms with Crippen molar-refractivity contribution in [2.75, 3.05) is 6.61 Å². The minimum Gasteiger partial charge on any atom is -0.461 e. The number of esters is 1. The molecule has 0 unspecified atom stereocenters. The summed E-state index contributed by atoms with van der Waals surface area (Å²) in [6, 6.07) is 7.61. The van der Waals surface area contributed by atoms with E-state index in [-0.39, 0.29) is 10.7 Å². The lowest BCUT2D eigenvalue weighted by molar-refractivity contribution is 0.0498. The molecule has 1 aromatic carbocycles. The van der Waals surface area contributed by atoms with Crippen molar-refractivity contribution >= 4 is 34.4 Å². The predicted molar refractivity (Wildman–Crippen MR) is 76.1 cm³/mol. The van der Waals surface area contributed by atoms with Crippen molar-refractivity contribution in [3.8, 4) is 0 Å². The number of aromatic nitrogens is 3. The molecular weight excluding hydrogens is 278 g/mol. The van der Waals surface area contributed by atoms with E-state index < -0.39 is 5.97 Å². The highest BCUT2D eigenvalue weighted by molar-refractivity contribution is 6.33. The highest BCUT2D eigenvalue weighted by atomic mass is 35.5. The molecule has 0 aliphatic rings. The van der Waals surface area contributed by atoms with Crippen LogP contribution in [0.3, 0.4) is 0 Å². The van der Waals surface area contributed by atoms with Crippen LogP contribution >= 0.6 is 11.6 Å². The fourth-order valence-corrected chi connectivity index (χ4v) is 2.19. The van der Waals surface area contributed by atoms with Crippen molar-refractivity contribution in [2.24, 2.45) is 0 Å². The van der Waals surface area contributed by atoms with Gasteiger partial charge in [0.25, 0.3) is 0 Å². The molecular formula is C14H12ClN3O2. The number of carbonyl (C=O) groups excluding carboxylic acids is 1. The van der Waals surface area contributed by atoms with Gasteiger partial charge in [0.1, 0.15) is 0 Å². The molecule has 20 heavy (non-hydrogen) atoms. The molecule has 102 valence electrons. The lowest BCUT2D eigenvalue weighted by atomic mass is 10.3. The highest BCUT2D eigenvalue weighted by Gasteiger charge is 2.17. The summed E-state index contributed by atoms with van der Waals surface area (Å²) in [6.07, 6.45) is 2.39. The first-order valence-electron chi connectivity index (χ1n) is 6.31. The maximum absolute atomic E-state index is 11.9. The smallest absolute Gasteiger partial charge is 0.358 e. The molecule has 0 aliphatic carbocycles. The summed E-state index contributed by atoms with van der Waals surface area (Å²) >= 11 is 6.12. The average molecular weight is 290 g/mol. The predicted octanol–water partition coefficient (Wildman–Crippen LogP) is 3.10. The van der Waals surface area contributed by atoms with Crippen molar-refractivity contribution < 1.29 is 9.53 Å². The van der Waals surface area contributed by atoms with Crippen LogP contribution in [0.1, 0.15) is 23.8 Å². The Balaban J connectivity index is 2.14. The van der Waals surface area contributed by atoms with E-state index >= 15 is 0 Å². The highest BCUT2D eigenvalue weighted by Crippen LogP contribution is 2.20. The number of carbonyl (C=O) groups is 1. The summed E-state index contributed by atoms with van der Waals surface area (Å²) in [6.45, 7) is 2.27. The number of hydrogen-bond acceptors (Lipinski definition) is 4. The van der Waals surface area contributed by atoms with Gasteiger partial charge in [0.15, 0.2) is 5.69 Å². The molecule has 0 saturated carbocycles. The normalized spacial score (nSPS) is 11.1. The third-order valence-corrected chi connectivity index (χ3v) is 3.16. The van der Waals surface area contributed by atoms with Gasteiger partial charge in [-0.1, -0.05) is 30.7 Å². The summed E-state index contributed by atoms with van der Waals surface area (Å²) in [4.78, 5) is 20.5. The minimum absolute atomic E-state index is 0.0999. The molecule has 2 aromatic heterocycles. The Morgan fingerprint density at radius 2 is 2.15 bits per heavy atom. The minimum atomic E-state index is -0.522. The SMILES string of the molecule is CCCOC(=O)c1nc2nc3ccccc3n2cc1Cl. The molecule has 6 heteroatoms. The molecule has 0 fully saturated rings. The van der Waals surface area contributed by atoms with Crippen LogP contribution in [0.5, 0.6) is 0 Å². The maximum Gasteiger partial charge on any atom is 0.358 e. The van der Waals surface area contributed by atoms with E-state index in [1.165, 1.54) is 0 Å². The van der Waals surface area contributed by atoms with Gasteiger partial charge in [0.2, 0.25) is 5.78 Å². The molecule has 0 bridgehead atoms. The fraction of sp³-hybridized carbons (Fsp3) is 0.214. The Morgan fingerprint density at radius 1 is 1.35 bits per heavy atom. The van der Waals surface area contributed by atoms with Gasteiger partial charge in [-0.25, -0.2) is 14.8 Å². The molecule has 0 N–H and O–H groups in total. The number of imidazole rings is 1. The van der Waals surface area contributed by atoms with E-state index in [1.807, 2.05) is 31.2 Å². The van der Waals surface area contributed by atoms with Crippen LogP contribution in [-0.2, 0) is 4.74 Å². The zero-order chi connectivity index (χ0) is 14.1. The third-order valence-electron chi connectivity index (χ3n) is 2.89. The van der Waals surface area contributed by atoms with E-state index in [0.717, 1.165) is 17.5 Å². The first-order chi connectivity index (χ1) is 9.70. The maximum atomic E-state index is 11.9. The summed E-state index contributed by atoms with van der Waals surface area (Å²) in [5.41, 5.74) is 1.79. The standard InChI is InChI=1S/C14H12ClN3O2/c1-2-7-20-13(19)12-9(15)8-18-11-6-4-3-5-10(11)16-14(18)17-12/h3-6,8H,2,7H2,1H3. The van der Waals surface area contributed by atoms with Crippen LogP contribution in [0, 0.1) is 0 Å². The zero-order valence-corrected chi connectivity index (χ0v) is 11.6. The second-order valence-corrected chi connectivity index (χ2v) is 4.75. The van der Waals surface area contributed by atoms with Gasteiger partial charge >= 0.3 is 5.97 Å². The number of ether oxygens (including phenoxy) is 1. The first kappa shape index (κ1) is 12.9. The molecule has 0 saturated heterocycles. The van der Waals surface area contributed by atoms with Gasteiger partial charge in [-0.15, -0.1) is 0 Å². The number of nitrogens with zero attached hydrogens (tertiary/aromatic N) is 3. The molecule has 0 radical (unpaired) electrons. The Labute approximate surface area is 120 Å². The molecule has 5 nitrogen and oxygen atoms in total. The summed E-state index contributed by atoms with van der Waals surface area (Å²) in [5.74, 6) is -0.0922. The van der Waals surface area contributed by atoms with Gasteiger partial charge < -0.3 is 4.74 Å². The van der Waals surface area contributed by atoms with E-state index in [9.17, 15) is 4.79 Å². The Kier molecular flexibility index (Phi) is 3.28. The topological polar surface area (TPSA) is 56.5 Å². The van der Waals surface area contributed by atoms with E-state index in [4.69, 9.17) is 16.3 Å². The number of benzene rings is 1. The van der Waals surface area contributed by atoms with Gasteiger partial charge in [-0.3, -0.25) is 4.40 Å². The van der Waals surface area contributed by atoms with Crippen molar-refractivity contribution in [3.63, 3.8) is 0 Å². The largest absolute Gasteiger partial charge is 0.461 e. The molecule has 3 aromatic rings.